The van der Waals surface area contributed by atoms with Crippen molar-refractivity contribution in [2.45, 2.75) is 6.92 Å². The zero-order valence-electron chi connectivity index (χ0n) is 14.9. The van der Waals surface area contributed by atoms with Gasteiger partial charge in [-0.1, -0.05) is 40.2 Å². The van der Waals surface area contributed by atoms with Crippen LogP contribution in [0.2, 0.25) is 0 Å². The van der Waals surface area contributed by atoms with E-state index in [-0.39, 0.29) is 0 Å². The molecule has 0 unspecified atom stereocenters. The standard InChI is InChI=1S/C18H20BrN3O4S/c1-3-26-17-10-5-4-9-16(17)22(27(2,24)25)13-18(23)21-20-12-14-7-6-8-15(19)11-14/h4-12H,3,13H2,1-2H3,(H,21,23)/b20-12-. The van der Waals surface area contributed by atoms with Crippen molar-refractivity contribution in [1.29, 1.82) is 0 Å². The molecule has 0 atom stereocenters. The SMILES string of the molecule is CCOc1ccccc1N(CC(=O)N/N=C\c1cccc(Br)c1)S(C)(=O)=O. The molecule has 27 heavy (non-hydrogen) atoms. The molecule has 2 rings (SSSR count). The van der Waals surface area contributed by atoms with E-state index in [1.54, 1.807) is 31.2 Å². The summed E-state index contributed by atoms with van der Waals surface area (Å²) in [7, 11) is -3.70. The Labute approximate surface area is 167 Å². The normalized spacial score (nSPS) is 11.4. The van der Waals surface area contributed by atoms with Gasteiger partial charge in [0.25, 0.3) is 5.91 Å². The van der Waals surface area contributed by atoms with Gasteiger partial charge >= 0.3 is 0 Å². The number of anilines is 1. The Hall–Kier alpha value is -2.39. The van der Waals surface area contributed by atoms with Crippen LogP contribution in [0.4, 0.5) is 5.69 Å². The van der Waals surface area contributed by atoms with Crippen LogP contribution >= 0.6 is 15.9 Å². The molecule has 0 radical (unpaired) electrons. The van der Waals surface area contributed by atoms with Gasteiger partial charge in [0.15, 0.2) is 0 Å². The number of nitrogens with zero attached hydrogens (tertiary/aromatic N) is 2. The Morgan fingerprint density at radius 3 is 2.67 bits per heavy atom. The summed E-state index contributed by atoms with van der Waals surface area (Å²) in [6.45, 7) is 1.75. The minimum Gasteiger partial charge on any atom is -0.492 e. The third-order valence-electron chi connectivity index (χ3n) is 3.37. The second kappa shape index (κ2) is 9.52. The molecule has 0 aliphatic rings. The summed E-state index contributed by atoms with van der Waals surface area (Å²) in [4.78, 5) is 12.2. The fourth-order valence-corrected chi connectivity index (χ4v) is 3.53. The van der Waals surface area contributed by atoms with E-state index in [0.29, 0.717) is 18.0 Å². The van der Waals surface area contributed by atoms with Crippen molar-refractivity contribution in [1.82, 2.24) is 5.43 Å². The van der Waals surface area contributed by atoms with Crippen molar-refractivity contribution in [2.24, 2.45) is 5.10 Å². The molecule has 0 aliphatic carbocycles. The second-order valence-corrected chi connectivity index (χ2v) is 8.34. The number of carbonyl (C=O) groups is 1. The Kier molecular flexibility index (Phi) is 7.37. The van der Waals surface area contributed by atoms with Gasteiger partial charge in [0.05, 0.1) is 24.8 Å². The molecule has 0 saturated heterocycles. The van der Waals surface area contributed by atoms with Crippen LogP contribution in [0.5, 0.6) is 5.75 Å². The molecule has 144 valence electrons. The van der Waals surface area contributed by atoms with Crippen LogP contribution in [0.25, 0.3) is 0 Å². The molecule has 1 amide bonds. The van der Waals surface area contributed by atoms with E-state index in [1.165, 1.54) is 6.21 Å². The maximum atomic E-state index is 12.2. The number of amides is 1. The molecule has 0 fully saturated rings. The summed E-state index contributed by atoms with van der Waals surface area (Å²) in [5, 5.41) is 3.87. The maximum absolute atomic E-state index is 12.2. The number of hydrazone groups is 1. The summed E-state index contributed by atoms with van der Waals surface area (Å²) in [5.74, 6) is -0.186. The first-order chi connectivity index (χ1) is 12.8. The minimum absolute atomic E-state index is 0.299. The van der Waals surface area contributed by atoms with Crippen molar-refractivity contribution in [3.63, 3.8) is 0 Å². The first-order valence-corrected chi connectivity index (χ1v) is 10.7. The zero-order valence-corrected chi connectivity index (χ0v) is 17.3. The van der Waals surface area contributed by atoms with Crippen molar-refractivity contribution in [3.8, 4) is 5.75 Å². The predicted molar refractivity (Wildman–Crippen MR) is 110 cm³/mol. The first kappa shape index (κ1) is 20.9. The van der Waals surface area contributed by atoms with E-state index in [0.717, 1.165) is 20.6 Å². The molecule has 2 aromatic carbocycles. The van der Waals surface area contributed by atoms with Crippen molar-refractivity contribution in [2.75, 3.05) is 23.7 Å². The van der Waals surface area contributed by atoms with Crippen LogP contribution in [0.15, 0.2) is 58.1 Å². The van der Waals surface area contributed by atoms with E-state index < -0.39 is 22.5 Å². The number of hydrogen-bond donors (Lipinski definition) is 1. The number of ether oxygens (including phenoxy) is 1. The number of hydrogen-bond acceptors (Lipinski definition) is 5. The van der Waals surface area contributed by atoms with Crippen LogP contribution in [0.3, 0.4) is 0 Å². The van der Waals surface area contributed by atoms with Gasteiger partial charge in [-0.2, -0.15) is 5.10 Å². The Morgan fingerprint density at radius 1 is 1.26 bits per heavy atom. The molecule has 1 N–H and O–H groups in total. The van der Waals surface area contributed by atoms with Gasteiger partial charge < -0.3 is 4.74 Å². The van der Waals surface area contributed by atoms with Gasteiger partial charge in [0, 0.05) is 4.47 Å². The van der Waals surface area contributed by atoms with Crippen LogP contribution in [-0.2, 0) is 14.8 Å². The molecule has 0 bridgehead atoms. The lowest BCUT2D eigenvalue weighted by atomic mass is 10.2. The molecule has 0 aliphatic heterocycles. The number of carbonyl (C=O) groups excluding carboxylic acids is 1. The largest absolute Gasteiger partial charge is 0.492 e. The summed E-state index contributed by atoms with van der Waals surface area (Å²) >= 11 is 3.35. The number of halogens is 1. The molecule has 9 heteroatoms. The molecular weight excluding hydrogens is 434 g/mol. The molecule has 0 aromatic heterocycles. The van der Waals surface area contributed by atoms with Gasteiger partial charge in [-0.15, -0.1) is 0 Å². The molecular formula is C18H20BrN3O4S. The number of rotatable bonds is 8. The molecule has 0 heterocycles. The Morgan fingerprint density at radius 2 is 2.00 bits per heavy atom. The molecule has 7 nitrogen and oxygen atoms in total. The van der Waals surface area contributed by atoms with E-state index in [9.17, 15) is 13.2 Å². The lowest BCUT2D eigenvalue weighted by molar-refractivity contribution is -0.119. The topological polar surface area (TPSA) is 88.1 Å². The van der Waals surface area contributed by atoms with E-state index in [4.69, 9.17) is 4.74 Å². The molecule has 0 spiro atoms. The highest BCUT2D eigenvalue weighted by molar-refractivity contribution is 9.10. The van der Waals surface area contributed by atoms with Crippen molar-refractivity contribution in [3.05, 3.63) is 58.6 Å². The lowest BCUT2D eigenvalue weighted by Crippen LogP contribution is -2.39. The number of sulfonamides is 1. The number of nitrogens with one attached hydrogen (secondary N) is 1. The third-order valence-corrected chi connectivity index (χ3v) is 4.99. The highest BCUT2D eigenvalue weighted by atomic mass is 79.9. The second-order valence-electron chi connectivity index (χ2n) is 5.52. The maximum Gasteiger partial charge on any atom is 0.260 e. The predicted octanol–water partition coefficient (Wildman–Crippen LogP) is 2.76. The van der Waals surface area contributed by atoms with Gasteiger partial charge in [-0.05, 0) is 36.8 Å². The van der Waals surface area contributed by atoms with E-state index >= 15 is 0 Å². The van der Waals surface area contributed by atoms with Gasteiger partial charge in [0.1, 0.15) is 12.3 Å². The molecule has 2 aromatic rings. The Bertz CT molecular complexity index is 932. The summed E-state index contributed by atoms with van der Waals surface area (Å²) in [5.41, 5.74) is 3.43. The summed E-state index contributed by atoms with van der Waals surface area (Å²) < 4.78 is 31.8. The average molecular weight is 454 g/mol. The number of benzene rings is 2. The molecule has 0 saturated carbocycles. The fraction of sp³-hybridized carbons (Fsp3) is 0.222. The summed E-state index contributed by atoms with van der Waals surface area (Å²) in [6.07, 6.45) is 2.51. The van der Waals surface area contributed by atoms with Gasteiger partial charge in [-0.3, -0.25) is 9.10 Å². The van der Waals surface area contributed by atoms with Crippen LogP contribution in [-0.4, -0.2) is 39.9 Å². The third kappa shape index (κ3) is 6.37. The monoisotopic (exact) mass is 453 g/mol. The van der Waals surface area contributed by atoms with Gasteiger partial charge in [-0.25, -0.2) is 13.8 Å². The van der Waals surface area contributed by atoms with E-state index in [2.05, 4.69) is 26.5 Å². The van der Waals surface area contributed by atoms with Crippen molar-refractivity contribution >= 4 is 43.8 Å². The van der Waals surface area contributed by atoms with Crippen LogP contribution in [0, 0.1) is 0 Å². The quantitative estimate of drug-likeness (QED) is 0.491. The van der Waals surface area contributed by atoms with Gasteiger partial charge in [0.2, 0.25) is 10.0 Å². The van der Waals surface area contributed by atoms with Crippen molar-refractivity contribution < 1.29 is 17.9 Å². The minimum atomic E-state index is -3.70. The average Bonchev–Trinajstić information content (AvgIpc) is 2.60. The smallest absolute Gasteiger partial charge is 0.260 e. The highest BCUT2D eigenvalue weighted by Gasteiger charge is 2.23. The lowest BCUT2D eigenvalue weighted by Gasteiger charge is -2.23. The summed E-state index contributed by atoms with van der Waals surface area (Å²) in [6, 6.07) is 14.0. The fourth-order valence-electron chi connectivity index (χ4n) is 2.25. The Balaban J connectivity index is 2.14. The van der Waals surface area contributed by atoms with E-state index in [1.807, 2.05) is 24.3 Å². The zero-order chi connectivity index (χ0) is 19.9. The van der Waals surface area contributed by atoms with Crippen LogP contribution < -0.4 is 14.5 Å². The number of para-hydroxylation sites is 2. The highest BCUT2D eigenvalue weighted by Crippen LogP contribution is 2.29. The van der Waals surface area contributed by atoms with Crippen LogP contribution in [0.1, 0.15) is 12.5 Å². The first-order valence-electron chi connectivity index (χ1n) is 8.08.